The van der Waals surface area contributed by atoms with Crippen molar-refractivity contribution in [3.8, 4) is 0 Å². The van der Waals surface area contributed by atoms with E-state index in [4.69, 9.17) is 4.42 Å². The molecule has 0 atom stereocenters. The summed E-state index contributed by atoms with van der Waals surface area (Å²) in [7, 11) is 4.09. The maximum Gasteiger partial charge on any atom is 0.118 e. The summed E-state index contributed by atoms with van der Waals surface area (Å²) in [5.41, 5.74) is 0. The van der Waals surface area contributed by atoms with E-state index >= 15 is 0 Å². The molecule has 0 saturated heterocycles. The minimum atomic E-state index is 0.651. The Morgan fingerprint density at radius 3 is 2.44 bits per heavy atom. The topological polar surface area (TPSA) is 28.4 Å². The molecule has 3 nitrogen and oxygen atoms in total. The van der Waals surface area contributed by atoms with Gasteiger partial charge in [0, 0.05) is 6.04 Å². The van der Waals surface area contributed by atoms with E-state index in [1.54, 1.807) is 0 Å². The zero-order valence-electron chi connectivity index (χ0n) is 10.9. The van der Waals surface area contributed by atoms with Gasteiger partial charge in [0.2, 0.25) is 0 Å². The van der Waals surface area contributed by atoms with Gasteiger partial charge in [-0.2, -0.15) is 0 Å². The Morgan fingerprint density at radius 2 is 1.88 bits per heavy atom. The van der Waals surface area contributed by atoms with Crippen LogP contribution in [-0.4, -0.2) is 25.0 Å². The van der Waals surface area contributed by atoms with E-state index in [1.807, 2.05) is 13.1 Å². The maximum atomic E-state index is 5.73. The lowest BCUT2D eigenvalue weighted by Crippen LogP contribution is -2.29. The maximum absolute atomic E-state index is 5.73. The second kappa shape index (κ2) is 6.71. The monoisotopic (exact) mass is 224 g/mol. The molecular formula is C13H24N2O. The van der Waals surface area contributed by atoms with Gasteiger partial charge in [-0.3, -0.25) is 4.90 Å². The van der Waals surface area contributed by atoms with Crippen LogP contribution in [0.3, 0.4) is 0 Å². The highest BCUT2D eigenvalue weighted by Crippen LogP contribution is 2.14. The number of hydrogen-bond acceptors (Lipinski definition) is 3. The SMILES string of the molecule is CCC(CC)N(C)Cc1ccc(CNC)o1. The zero-order valence-corrected chi connectivity index (χ0v) is 10.9. The van der Waals surface area contributed by atoms with Gasteiger partial charge >= 0.3 is 0 Å². The van der Waals surface area contributed by atoms with Gasteiger partial charge in [-0.25, -0.2) is 0 Å². The highest BCUT2D eigenvalue weighted by Gasteiger charge is 2.12. The molecule has 1 aromatic rings. The molecule has 3 heteroatoms. The molecule has 1 rings (SSSR count). The largest absolute Gasteiger partial charge is 0.463 e. The summed E-state index contributed by atoms with van der Waals surface area (Å²) >= 11 is 0. The summed E-state index contributed by atoms with van der Waals surface area (Å²) < 4.78 is 5.73. The quantitative estimate of drug-likeness (QED) is 0.771. The Bertz CT molecular complexity index is 292. The summed E-state index contributed by atoms with van der Waals surface area (Å²) in [6.45, 7) is 6.17. The molecule has 1 aromatic heterocycles. The highest BCUT2D eigenvalue weighted by atomic mass is 16.3. The van der Waals surface area contributed by atoms with Gasteiger partial charge in [0.15, 0.2) is 0 Å². The van der Waals surface area contributed by atoms with Crippen molar-refractivity contribution >= 4 is 0 Å². The Morgan fingerprint density at radius 1 is 1.25 bits per heavy atom. The van der Waals surface area contributed by atoms with Crippen molar-refractivity contribution in [2.45, 2.75) is 45.8 Å². The van der Waals surface area contributed by atoms with E-state index in [0.29, 0.717) is 6.04 Å². The fourth-order valence-electron chi connectivity index (χ4n) is 2.06. The molecule has 0 unspecified atom stereocenters. The molecule has 16 heavy (non-hydrogen) atoms. The van der Waals surface area contributed by atoms with Gasteiger partial charge < -0.3 is 9.73 Å². The van der Waals surface area contributed by atoms with Crippen LogP contribution in [0.25, 0.3) is 0 Å². The average molecular weight is 224 g/mol. The molecule has 0 fully saturated rings. The van der Waals surface area contributed by atoms with Crippen LogP contribution < -0.4 is 5.32 Å². The van der Waals surface area contributed by atoms with Crippen LogP contribution in [0.15, 0.2) is 16.5 Å². The standard InChI is InChI=1S/C13H24N2O/c1-5-11(6-2)15(4)10-13-8-7-12(16-13)9-14-3/h7-8,11,14H,5-6,9-10H2,1-4H3. The first kappa shape index (κ1) is 13.3. The third-order valence-electron chi connectivity index (χ3n) is 3.04. The molecule has 0 bridgehead atoms. The van der Waals surface area contributed by atoms with Crippen LogP contribution in [0.2, 0.25) is 0 Å². The van der Waals surface area contributed by atoms with Crippen LogP contribution in [-0.2, 0) is 13.1 Å². The number of hydrogen-bond donors (Lipinski definition) is 1. The minimum absolute atomic E-state index is 0.651. The first-order chi connectivity index (χ1) is 7.71. The lowest BCUT2D eigenvalue weighted by Gasteiger charge is -2.24. The molecule has 0 amide bonds. The summed E-state index contributed by atoms with van der Waals surface area (Å²) in [6, 6.07) is 4.77. The van der Waals surface area contributed by atoms with Crippen LogP contribution in [0.5, 0.6) is 0 Å². The molecule has 0 aromatic carbocycles. The van der Waals surface area contributed by atoms with Gasteiger partial charge in [-0.15, -0.1) is 0 Å². The predicted octanol–water partition coefficient (Wildman–Crippen LogP) is 2.62. The number of nitrogens with one attached hydrogen (secondary N) is 1. The fourth-order valence-corrected chi connectivity index (χ4v) is 2.06. The third kappa shape index (κ3) is 3.65. The molecule has 1 N–H and O–H groups in total. The molecule has 0 saturated carbocycles. The smallest absolute Gasteiger partial charge is 0.118 e. The Kier molecular flexibility index (Phi) is 5.56. The van der Waals surface area contributed by atoms with Crippen LogP contribution in [0, 0.1) is 0 Å². The lowest BCUT2D eigenvalue weighted by molar-refractivity contribution is 0.204. The normalized spacial score (nSPS) is 11.6. The number of nitrogens with zero attached hydrogens (tertiary/aromatic N) is 1. The fraction of sp³-hybridized carbons (Fsp3) is 0.692. The lowest BCUT2D eigenvalue weighted by atomic mass is 10.1. The summed E-state index contributed by atoms with van der Waals surface area (Å²) in [4.78, 5) is 2.36. The second-order valence-electron chi connectivity index (χ2n) is 4.28. The predicted molar refractivity (Wildman–Crippen MR) is 67.3 cm³/mol. The Balaban J connectivity index is 2.51. The van der Waals surface area contributed by atoms with Crippen molar-refractivity contribution in [2.75, 3.05) is 14.1 Å². The van der Waals surface area contributed by atoms with E-state index in [9.17, 15) is 0 Å². The second-order valence-corrected chi connectivity index (χ2v) is 4.28. The summed E-state index contributed by atoms with van der Waals surface area (Å²) in [6.07, 6.45) is 2.38. The molecule has 0 aliphatic heterocycles. The van der Waals surface area contributed by atoms with Crippen molar-refractivity contribution in [2.24, 2.45) is 0 Å². The molecule has 0 spiro atoms. The van der Waals surface area contributed by atoms with Crippen LogP contribution >= 0.6 is 0 Å². The molecule has 0 radical (unpaired) electrons. The third-order valence-corrected chi connectivity index (χ3v) is 3.04. The summed E-state index contributed by atoms with van der Waals surface area (Å²) in [5, 5.41) is 3.09. The van der Waals surface area contributed by atoms with Crippen molar-refractivity contribution in [1.82, 2.24) is 10.2 Å². The first-order valence-corrected chi connectivity index (χ1v) is 6.13. The van der Waals surface area contributed by atoms with Gasteiger partial charge in [0.25, 0.3) is 0 Å². The summed E-state index contributed by atoms with van der Waals surface area (Å²) in [5.74, 6) is 2.06. The molecular weight excluding hydrogens is 200 g/mol. The van der Waals surface area contributed by atoms with E-state index in [2.05, 4.69) is 37.2 Å². The molecule has 0 aliphatic carbocycles. The Labute approximate surface area is 98.8 Å². The van der Waals surface area contributed by atoms with E-state index < -0.39 is 0 Å². The number of furan rings is 1. The molecule has 1 heterocycles. The van der Waals surface area contributed by atoms with Crippen molar-refractivity contribution in [3.05, 3.63) is 23.7 Å². The minimum Gasteiger partial charge on any atom is -0.463 e. The van der Waals surface area contributed by atoms with Crippen LogP contribution in [0.1, 0.15) is 38.2 Å². The first-order valence-electron chi connectivity index (χ1n) is 6.13. The molecule has 0 aliphatic rings. The van der Waals surface area contributed by atoms with Crippen molar-refractivity contribution < 1.29 is 4.42 Å². The van der Waals surface area contributed by atoms with Crippen molar-refractivity contribution in [1.29, 1.82) is 0 Å². The number of rotatable bonds is 7. The van der Waals surface area contributed by atoms with Gasteiger partial charge in [0.1, 0.15) is 11.5 Å². The van der Waals surface area contributed by atoms with Gasteiger partial charge in [0.05, 0.1) is 13.1 Å². The van der Waals surface area contributed by atoms with E-state index in [-0.39, 0.29) is 0 Å². The van der Waals surface area contributed by atoms with E-state index in [1.165, 1.54) is 12.8 Å². The van der Waals surface area contributed by atoms with Crippen LogP contribution in [0.4, 0.5) is 0 Å². The van der Waals surface area contributed by atoms with Gasteiger partial charge in [-0.1, -0.05) is 13.8 Å². The molecule has 92 valence electrons. The average Bonchev–Trinajstić information content (AvgIpc) is 2.68. The van der Waals surface area contributed by atoms with Gasteiger partial charge in [-0.05, 0) is 39.1 Å². The van der Waals surface area contributed by atoms with Crippen molar-refractivity contribution in [3.63, 3.8) is 0 Å². The Hall–Kier alpha value is -0.800. The van der Waals surface area contributed by atoms with E-state index in [0.717, 1.165) is 24.6 Å². The highest BCUT2D eigenvalue weighted by molar-refractivity contribution is 5.07. The zero-order chi connectivity index (χ0) is 12.0.